The molecular formula is C23H22N2O4. The molecule has 0 saturated carbocycles. The highest BCUT2D eigenvalue weighted by atomic mass is 16.5. The largest absolute Gasteiger partial charge is 0.497 e. The van der Waals surface area contributed by atoms with Crippen molar-refractivity contribution in [3.8, 4) is 5.75 Å². The van der Waals surface area contributed by atoms with Gasteiger partial charge >= 0.3 is 0 Å². The van der Waals surface area contributed by atoms with Crippen molar-refractivity contribution in [2.24, 2.45) is 0 Å². The molecule has 0 aliphatic carbocycles. The van der Waals surface area contributed by atoms with Crippen molar-refractivity contribution >= 4 is 28.9 Å². The van der Waals surface area contributed by atoms with Crippen molar-refractivity contribution in [1.82, 2.24) is 0 Å². The molecular weight excluding hydrogens is 368 g/mol. The molecule has 0 radical (unpaired) electrons. The third-order valence-corrected chi connectivity index (χ3v) is 4.11. The lowest BCUT2D eigenvalue weighted by Gasteiger charge is -2.23. The summed E-state index contributed by atoms with van der Waals surface area (Å²) in [7, 11) is 1.58. The fraction of sp³-hybridized carbons (Fsp3) is 0.130. The standard InChI is InChI=1S/C23H22N2O4/c1-28-21-14-12-18(13-15-21)24-22(26)16-29-17-23(27)25(19-8-4-2-5-9-19)20-10-6-3-7-11-20/h2-15H,16-17H2,1H3,(H,24,26). The Hall–Kier alpha value is -3.64. The van der Waals surface area contributed by atoms with Crippen LogP contribution in [0, 0.1) is 0 Å². The van der Waals surface area contributed by atoms with E-state index in [1.807, 2.05) is 60.7 Å². The molecule has 0 aliphatic heterocycles. The van der Waals surface area contributed by atoms with E-state index in [9.17, 15) is 9.59 Å². The van der Waals surface area contributed by atoms with Gasteiger partial charge in [0.2, 0.25) is 5.91 Å². The number of benzene rings is 3. The van der Waals surface area contributed by atoms with Gasteiger partial charge in [-0.3, -0.25) is 14.5 Å². The number of nitrogens with one attached hydrogen (secondary N) is 1. The number of ether oxygens (including phenoxy) is 2. The molecule has 3 aromatic rings. The molecule has 0 aromatic heterocycles. The van der Waals surface area contributed by atoms with E-state index in [1.165, 1.54) is 0 Å². The van der Waals surface area contributed by atoms with Gasteiger partial charge in [0.05, 0.1) is 7.11 Å². The van der Waals surface area contributed by atoms with E-state index in [0.29, 0.717) is 11.4 Å². The van der Waals surface area contributed by atoms with Gasteiger partial charge in [-0.1, -0.05) is 36.4 Å². The van der Waals surface area contributed by atoms with Crippen molar-refractivity contribution in [1.29, 1.82) is 0 Å². The van der Waals surface area contributed by atoms with Crippen LogP contribution in [0.15, 0.2) is 84.9 Å². The van der Waals surface area contributed by atoms with Crippen LogP contribution in [0.1, 0.15) is 0 Å². The summed E-state index contributed by atoms with van der Waals surface area (Å²) >= 11 is 0. The fourth-order valence-electron chi connectivity index (χ4n) is 2.76. The van der Waals surface area contributed by atoms with Crippen molar-refractivity contribution < 1.29 is 19.1 Å². The number of hydrogen-bond acceptors (Lipinski definition) is 4. The normalized spacial score (nSPS) is 10.2. The van der Waals surface area contributed by atoms with E-state index >= 15 is 0 Å². The van der Waals surface area contributed by atoms with Gasteiger partial charge in [-0.05, 0) is 48.5 Å². The lowest BCUT2D eigenvalue weighted by Crippen LogP contribution is -2.31. The minimum absolute atomic E-state index is 0.222. The second-order valence-corrected chi connectivity index (χ2v) is 6.17. The summed E-state index contributed by atoms with van der Waals surface area (Å²) in [4.78, 5) is 26.4. The molecule has 0 fully saturated rings. The summed E-state index contributed by atoms with van der Waals surface area (Å²) in [5.74, 6) is 0.0975. The highest BCUT2D eigenvalue weighted by Gasteiger charge is 2.18. The van der Waals surface area contributed by atoms with Crippen molar-refractivity contribution in [3.63, 3.8) is 0 Å². The van der Waals surface area contributed by atoms with Gasteiger partial charge in [0.1, 0.15) is 19.0 Å². The molecule has 3 aromatic carbocycles. The van der Waals surface area contributed by atoms with Gasteiger partial charge in [0.25, 0.3) is 5.91 Å². The first kappa shape index (κ1) is 20.1. The number of hydrogen-bond donors (Lipinski definition) is 1. The zero-order valence-electron chi connectivity index (χ0n) is 16.1. The second-order valence-electron chi connectivity index (χ2n) is 6.17. The molecule has 0 heterocycles. The molecule has 0 saturated heterocycles. The van der Waals surface area contributed by atoms with Crippen LogP contribution in [-0.2, 0) is 14.3 Å². The van der Waals surface area contributed by atoms with Gasteiger partial charge in [-0.2, -0.15) is 0 Å². The zero-order chi connectivity index (χ0) is 20.5. The number of nitrogens with zero attached hydrogens (tertiary/aromatic N) is 1. The molecule has 1 N–H and O–H groups in total. The van der Waals surface area contributed by atoms with Crippen LogP contribution in [0.25, 0.3) is 0 Å². The van der Waals surface area contributed by atoms with E-state index in [0.717, 1.165) is 11.4 Å². The third-order valence-electron chi connectivity index (χ3n) is 4.11. The average Bonchev–Trinajstić information content (AvgIpc) is 2.76. The average molecular weight is 390 g/mol. The minimum Gasteiger partial charge on any atom is -0.497 e. The van der Waals surface area contributed by atoms with E-state index < -0.39 is 0 Å². The number of amides is 2. The van der Waals surface area contributed by atoms with Gasteiger partial charge < -0.3 is 14.8 Å². The number of para-hydroxylation sites is 2. The Morgan fingerprint density at radius 3 is 1.86 bits per heavy atom. The molecule has 2 amide bonds. The van der Waals surface area contributed by atoms with Crippen LogP contribution in [0.4, 0.5) is 17.1 Å². The molecule has 0 spiro atoms. The van der Waals surface area contributed by atoms with E-state index in [-0.39, 0.29) is 25.0 Å². The smallest absolute Gasteiger partial charge is 0.257 e. The Bertz CT molecular complexity index is 889. The first-order chi connectivity index (χ1) is 14.2. The summed E-state index contributed by atoms with van der Waals surface area (Å²) in [6, 6.07) is 25.6. The van der Waals surface area contributed by atoms with Crippen LogP contribution in [0.5, 0.6) is 5.75 Å². The topological polar surface area (TPSA) is 67.9 Å². The maximum atomic E-state index is 12.8. The fourth-order valence-corrected chi connectivity index (χ4v) is 2.76. The summed E-state index contributed by atoms with van der Waals surface area (Å²) in [5.41, 5.74) is 2.09. The Kier molecular flexibility index (Phi) is 6.97. The summed E-state index contributed by atoms with van der Waals surface area (Å²) in [6.45, 7) is -0.449. The molecule has 6 heteroatoms. The van der Waals surface area contributed by atoms with Crippen LogP contribution in [-0.4, -0.2) is 32.1 Å². The van der Waals surface area contributed by atoms with Crippen LogP contribution in [0.3, 0.4) is 0 Å². The van der Waals surface area contributed by atoms with Gasteiger partial charge in [-0.15, -0.1) is 0 Å². The third kappa shape index (κ3) is 5.67. The summed E-state index contributed by atoms with van der Waals surface area (Å²) < 4.78 is 10.5. The first-order valence-corrected chi connectivity index (χ1v) is 9.12. The molecule has 3 rings (SSSR count). The maximum Gasteiger partial charge on any atom is 0.257 e. The number of anilines is 3. The van der Waals surface area contributed by atoms with Gasteiger partial charge in [-0.25, -0.2) is 0 Å². The minimum atomic E-state index is -0.339. The Labute approximate surface area is 169 Å². The lowest BCUT2D eigenvalue weighted by atomic mass is 10.2. The highest BCUT2D eigenvalue weighted by Crippen LogP contribution is 2.25. The van der Waals surface area contributed by atoms with E-state index in [1.54, 1.807) is 36.3 Å². The summed E-state index contributed by atoms with van der Waals surface area (Å²) in [5, 5.41) is 2.72. The predicted octanol–water partition coefficient (Wildman–Crippen LogP) is 4.02. The number of carbonyl (C=O) groups excluding carboxylic acids is 2. The van der Waals surface area contributed by atoms with E-state index in [2.05, 4.69) is 5.32 Å². The Morgan fingerprint density at radius 2 is 1.34 bits per heavy atom. The van der Waals surface area contributed by atoms with Crippen LogP contribution in [0.2, 0.25) is 0 Å². The highest BCUT2D eigenvalue weighted by molar-refractivity contribution is 6.01. The number of methoxy groups -OCH3 is 1. The monoisotopic (exact) mass is 390 g/mol. The Balaban J connectivity index is 1.58. The number of rotatable bonds is 8. The van der Waals surface area contributed by atoms with Crippen molar-refractivity contribution in [2.75, 3.05) is 30.5 Å². The lowest BCUT2D eigenvalue weighted by molar-refractivity contribution is -0.126. The van der Waals surface area contributed by atoms with Gasteiger partial charge in [0.15, 0.2) is 0 Å². The molecule has 29 heavy (non-hydrogen) atoms. The first-order valence-electron chi connectivity index (χ1n) is 9.12. The Morgan fingerprint density at radius 1 is 0.793 bits per heavy atom. The molecule has 0 bridgehead atoms. The van der Waals surface area contributed by atoms with E-state index in [4.69, 9.17) is 9.47 Å². The summed E-state index contributed by atoms with van der Waals surface area (Å²) in [6.07, 6.45) is 0. The van der Waals surface area contributed by atoms with Crippen LogP contribution >= 0.6 is 0 Å². The second kappa shape index (κ2) is 10.1. The zero-order valence-corrected chi connectivity index (χ0v) is 16.1. The molecule has 6 nitrogen and oxygen atoms in total. The SMILES string of the molecule is COc1ccc(NC(=O)COCC(=O)N(c2ccccc2)c2ccccc2)cc1. The molecule has 0 aliphatic rings. The molecule has 0 unspecified atom stereocenters. The van der Waals surface area contributed by atoms with Crippen LogP contribution < -0.4 is 15.0 Å². The maximum absolute atomic E-state index is 12.8. The molecule has 148 valence electrons. The van der Waals surface area contributed by atoms with Gasteiger partial charge in [0, 0.05) is 17.1 Å². The quantitative estimate of drug-likeness (QED) is 0.631. The molecule has 0 atom stereocenters. The predicted molar refractivity (Wildman–Crippen MR) is 112 cm³/mol. The van der Waals surface area contributed by atoms with Crippen molar-refractivity contribution in [3.05, 3.63) is 84.9 Å². The number of carbonyl (C=O) groups is 2. The van der Waals surface area contributed by atoms with Crippen molar-refractivity contribution in [2.45, 2.75) is 0 Å².